The van der Waals surface area contributed by atoms with Gasteiger partial charge in [-0.15, -0.1) is 11.3 Å². The number of hydrogen-bond donors (Lipinski definition) is 3. The van der Waals surface area contributed by atoms with Crippen LogP contribution in [-0.4, -0.2) is 41.4 Å². The molecule has 162 valence electrons. The summed E-state index contributed by atoms with van der Waals surface area (Å²) < 4.78 is 0. The van der Waals surface area contributed by atoms with Gasteiger partial charge in [-0.05, 0) is 37.5 Å². The normalized spacial score (nSPS) is 16.5. The molecule has 1 fully saturated rings. The second kappa shape index (κ2) is 8.87. The maximum Gasteiger partial charge on any atom is 0.324 e. The van der Waals surface area contributed by atoms with Crippen LogP contribution in [0.5, 0.6) is 0 Å². The Balaban J connectivity index is 2.40. The molecular formula is C22H30N4O3S. The summed E-state index contributed by atoms with van der Waals surface area (Å²) in [6, 6.07) is 1.31. The fourth-order valence-electron chi connectivity index (χ4n) is 2.97. The van der Waals surface area contributed by atoms with Crippen LogP contribution in [0.1, 0.15) is 49.9 Å². The lowest BCUT2D eigenvalue weighted by atomic mass is 9.93. The van der Waals surface area contributed by atoms with Gasteiger partial charge < -0.3 is 15.5 Å². The lowest BCUT2D eigenvalue weighted by molar-refractivity contribution is -0.133. The van der Waals surface area contributed by atoms with E-state index < -0.39 is 11.6 Å². The van der Waals surface area contributed by atoms with E-state index in [1.165, 1.54) is 17.4 Å². The number of anilines is 1. The summed E-state index contributed by atoms with van der Waals surface area (Å²) >= 11 is 1.35. The van der Waals surface area contributed by atoms with Crippen LogP contribution in [0.25, 0.3) is 0 Å². The number of rotatable bonds is 5. The van der Waals surface area contributed by atoms with Crippen molar-refractivity contribution in [3.8, 4) is 0 Å². The smallest absolute Gasteiger partial charge is 0.324 e. The van der Waals surface area contributed by atoms with Gasteiger partial charge in [-0.3, -0.25) is 14.9 Å². The fourth-order valence-corrected chi connectivity index (χ4v) is 4.07. The number of thiophene rings is 1. The van der Waals surface area contributed by atoms with E-state index in [0.29, 0.717) is 29.4 Å². The average Bonchev–Trinajstić information content (AvgIpc) is 3.07. The molecule has 1 aromatic rings. The topological polar surface area (TPSA) is 90.5 Å². The molecule has 1 aliphatic rings. The van der Waals surface area contributed by atoms with Gasteiger partial charge in [0, 0.05) is 23.7 Å². The molecule has 0 atom stereocenters. The van der Waals surface area contributed by atoms with Crippen LogP contribution in [0.3, 0.4) is 0 Å². The van der Waals surface area contributed by atoms with Crippen molar-refractivity contribution in [3.63, 3.8) is 0 Å². The minimum atomic E-state index is -0.985. The highest BCUT2D eigenvalue weighted by molar-refractivity contribution is 7.16. The van der Waals surface area contributed by atoms with Gasteiger partial charge >= 0.3 is 6.03 Å². The van der Waals surface area contributed by atoms with Crippen molar-refractivity contribution in [2.45, 2.75) is 45.6 Å². The first-order valence-electron chi connectivity index (χ1n) is 9.69. The zero-order valence-electron chi connectivity index (χ0n) is 18.2. The number of hydrogen-bond acceptors (Lipinski definition) is 4. The molecule has 0 spiro atoms. The summed E-state index contributed by atoms with van der Waals surface area (Å²) in [4.78, 5) is 40.7. The zero-order chi connectivity index (χ0) is 22.7. The predicted molar refractivity (Wildman–Crippen MR) is 122 cm³/mol. The van der Waals surface area contributed by atoms with E-state index in [4.69, 9.17) is 0 Å². The van der Waals surface area contributed by atoms with Gasteiger partial charge in [0.05, 0.1) is 5.56 Å². The van der Waals surface area contributed by atoms with E-state index in [0.717, 1.165) is 4.88 Å². The maximum atomic E-state index is 13.4. The molecule has 0 saturated carbocycles. The number of piperazine rings is 1. The first-order valence-corrected chi connectivity index (χ1v) is 10.5. The SMILES string of the molecule is C=CC=C(C=C)NC(=O)Nc1sc(C(C)(C)C)cc1C(=O)N1CCNC(=O)C1(C)C. The van der Waals surface area contributed by atoms with Crippen molar-refractivity contribution in [2.24, 2.45) is 0 Å². The van der Waals surface area contributed by atoms with Crippen LogP contribution in [0.4, 0.5) is 9.80 Å². The second-order valence-electron chi connectivity index (χ2n) is 8.52. The molecule has 30 heavy (non-hydrogen) atoms. The van der Waals surface area contributed by atoms with Crippen LogP contribution in [-0.2, 0) is 10.2 Å². The lowest BCUT2D eigenvalue weighted by Crippen LogP contribution is -2.63. The van der Waals surface area contributed by atoms with Gasteiger partial charge in [0.25, 0.3) is 5.91 Å². The van der Waals surface area contributed by atoms with E-state index in [1.807, 2.05) is 20.8 Å². The number of amides is 4. The highest BCUT2D eigenvalue weighted by Gasteiger charge is 2.42. The summed E-state index contributed by atoms with van der Waals surface area (Å²) in [5.74, 6) is -0.492. The van der Waals surface area contributed by atoms with E-state index in [9.17, 15) is 14.4 Å². The second-order valence-corrected chi connectivity index (χ2v) is 9.57. The molecule has 2 rings (SSSR count). The van der Waals surface area contributed by atoms with Gasteiger partial charge in [-0.25, -0.2) is 4.79 Å². The summed E-state index contributed by atoms with van der Waals surface area (Å²) in [5, 5.41) is 8.68. The number of urea groups is 1. The molecule has 7 nitrogen and oxygen atoms in total. The van der Waals surface area contributed by atoms with Crippen molar-refractivity contribution in [2.75, 3.05) is 18.4 Å². The molecule has 0 aromatic carbocycles. The van der Waals surface area contributed by atoms with Crippen molar-refractivity contribution < 1.29 is 14.4 Å². The number of nitrogens with zero attached hydrogens (tertiary/aromatic N) is 1. The fraction of sp³-hybridized carbons (Fsp3) is 0.409. The quantitative estimate of drug-likeness (QED) is 0.621. The molecule has 1 saturated heterocycles. The minimum absolute atomic E-state index is 0.203. The summed E-state index contributed by atoms with van der Waals surface area (Å²) in [6.45, 7) is 17.6. The Labute approximate surface area is 181 Å². The van der Waals surface area contributed by atoms with Crippen molar-refractivity contribution in [1.82, 2.24) is 15.5 Å². The highest BCUT2D eigenvalue weighted by Crippen LogP contribution is 2.37. The largest absolute Gasteiger partial charge is 0.352 e. The molecule has 1 aliphatic heterocycles. The molecule has 3 N–H and O–H groups in total. The molecule has 4 amide bonds. The van der Waals surface area contributed by atoms with Crippen LogP contribution in [0, 0.1) is 0 Å². The van der Waals surface area contributed by atoms with Crippen LogP contribution in [0.15, 0.2) is 43.1 Å². The Hall–Kier alpha value is -2.87. The molecule has 8 heteroatoms. The van der Waals surface area contributed by atoms with E-state index >= 15 is 0 Å². The standard InChI is InChI=1S/C22H30N4O3S/c1-8-10-14(9-2)24-20(29)25-17-15(13-16(30-17)21(3,4)5)18(27)26-12-11-23-19(28)22(26,6)7/h8-10,13H,1-2,11-12H2,3-7H3,(H,23,28)(H2,24,25,29). The van der Waals surface area contributed by atoms with Crippen LogP contribution < -0.4 is 16.0 Å². The summed E-state index contributed by atoms with van der Waals surface area (Å²) in [5.41, 5.74) is -0.339. The van der Waals surface area contributed by atoms with Crippen molar-refractivity contribution in [1.29, 1.82) is 0 Å². The Bertz CT molecular complexity index is 906. The van der Waals surface area contributed by atoms with Crippen LogP contribution in [0.2, 0.25) is 0 Å². The highest BCUT2D eigenvalue weighted by atomic mass is 32.1. The summed E-state index contributed by atoms with van der Waals surface area (Å²) in [6.07, 6.45) is 4.65. The Kier molecular flexibility index (Phi) is 6.92. The summed E-state index contributed by atoms with van der Waals surface area (Å²) in [7, 11) is 0. The molecule has 0 unspecified atom stereocenters. The van der Waals surface area contributed by atoms with Gasteiger partial charge in [-0.2, -0.15) is 0 Å². The molecule has 2 heterocycles. The predicted octanol–water partition coefficient (Wildman–Crippen LogP) is 3.77. The first-order chi connectivity index (χ1) is 13.9. The van der Waals surface area contributed by atoms with Crippen molar-refractivity contribution in [3.05, 3.63) is 53.6 Å². The monoisotopic (exact) mass is 430 g/mol. The Morgan fingerprint density at radius 1 is 1.30 bits per heavy atom. The average molecular weight is 431 g/mol. The first kappa shape index (κ1) is 23.4. The Morgan fingerprint density at radius 3 is 2.53 bits per heavy atom. The number of carbonyl (C=O) groups excluding carboxylic acids is 3. The van der Waals surface area contributed by atoms with E-state index in [2.05, 4.69) is 29.1 Å². The van der Waals surface area contributed by atoms with Gasteiger partial charge in [0.2, 0.25) is 5.91 Å². The third-order valence-electron chi connectivity index (χ3n) is 4.80. The minimum Gasteiger partial charge on any atom is -0.352 e. The molecule has 1 aromatic heterocycles. The van der Waals surface area contributed by atoms with E-state index in [-0.39, 0.29) is 17.2 Å². The third kappa shape index (κ3) is 4.99. The molecule has 0 aliphatic carbocycles. The molecule has 0 bridgehead atoms. The third-order valence-corrected chi connectivity index (χ3v) is 6.28. The van der Waals surface area contributed by atoms with E-state index in [1.54, 1.807) is 37.0 Å². The van der Waals surface area contributed by atoms with Crippen LogP contribution >= 0.6 is 11.3 Å². The van der Waals surface area contributed by atoms with Crippen molar-refractivity contribution >= 4 is 34.2 Å². The number of allylic oxidation sites excluding steroid dienone is 3. The molecule has 0 radical (unpaired) electrons. The van der Waals surface area contributed by atoms with Gasteiger partial charge in [0.15, 0.2) is 0 Å². The van der Waals surface area contributed by atoms with Gasteiger partial charge in [0.1, 0.15) is 10.5 Å². The maximum absolute atomic E-state index is 13.4. The Morgan fingerprint density at radius 2 is 1.97 bits per heavy atom. The zero-order valence-corrected chi connectivity index (χ0v) is 19.0. The van der Waals surface area contributed by atoms with Gasteiger partial charge in [-0.1, -0.05) is 40.0 Å². The molecular weight excluding hydrogens is 400 g/mol. The lowest BCUT2D eigenvalue weighted by Gasteiger charge is -2.41. The number of nitrogens with one attached hydrogen (secondary N) is 3. The number of carbonyl (C=O) groups is 3.